The molecule has 0 spiro atoms. The molecule has 0 radical (unpaired) electrons. The van der Waals surface area contributed by atoms with Gasteiger partial charge >= 0.3 is 0 Å². The minimum Gasteiger partial charge on any atom is -0.384 e. The molecule has 0 aliphatic rings. The van der Waals surface area contributed by atoms with E-state index < -0.39 is 6.10 Å². The molecule has 2 aromatic carbocycles. The molecular formula is C15H14Br2O. The normalized spacial score (nSPS) is 12.5. The summed E-state index contributed by atoms with van der Waals surface area (Å²) in [6.07, 6.45) is -0.598. The van der Waals surface area contributed by atoms with Gasteiger partial charge in [0.2, 0.25) is 0 Å². The summed E-state index contributed by atoms with van der Waals surface area (Å²) in [5.74, 6) is 0. The third-order valence-corrected chi connectivity index (χ3v) is 3.85. The van der Waals surface area contributed by atoms with E-state index in [4.69, 9.17) is 0 Å². The molecule has 1 nitrogen and oxygen atoms in total. The first-order chi connectivity index (χ1) is 8.47. The van der Waals surface area contributed by atoms with Gasteiger partial charge in [-0.1, -0.05) is 55.6 Å². The van der Waals surface area contributed by atoms with Gasteiger partial charge in [0.1, 0.15) is 6.10 Å². The Morgan fingerprint density at radius 3 is 2.17 bits per heavy atom. The molecule has 0 saturated heterocycles. The summed E-state index contributed by atoms with van der Waals surface area (Å²) in [4.78, 5) is 0. The summed E-state index contributed by atoms with van der Waals surface area (Å²) in [5.41, 5.74) is 4.10. The number of aryl methyl sites for hydroxylation is 2. The van der Waals surface area contributed by atoms with E-state index in [1.165, 1.54) is 0 Å². The van der Waals surface area contributed by atoms with Crippen LogP contribution in [0, 0.1) is 13.8 Å². The van der Waals surface area contributed by atoms with Gasteiger partial charge in [-0.3, -0.25) is 0 Å². The van der Waals surface area contributed by atoms with E-state index in [-0.39, 0.29) is 0 Å². The molecule has 3 heteroatoms. The highest BCUT2D eigenvalue weighted by Crippen LogP contribution is 2.30. The van der Waals surface area contributed by atoms with Gasteiger partial charge < -0.3 is 5.11 Å². The highest BCUT2D eigenvalue weighted by atomic mass is 79.9. The second-order valence-corrected chi connectivity index (χ2v) is 6.30. The number of aliphatic hydroxyl groups excluding tert-OH is 1. The van der Waals surface area contributed by atoms with E-state index in [1.54, 1.807) is 0 Å². The predicted octanol–water partition coefficient (Wildman–Crippen LogP) is 4.91. The Morgan fingerprint density at radius 1 is 0.944 bits per heavy atom. The van der Waals surface area contributed by atoms with Crippen molar-refractivity contribution in [3.63, 3.8) is 0 Å². The van der Waals surface area contributed by atoms with Crippen molar-refractivity contribution in [2.75, 3.05) is 0 Å². The van der Waals surface area contributed by atoms with Crippen molar-refractivity contribution < 1.29 is 5.11 Å². The molecule has 1 unspecified atom stereocenters. The largest absolute Gasteiger partial charge is 0.384 e. The fourth-order valence-corrected chi connectivity index (χ4v) is 3.30. The maximum absolute atomic E-state index is 10.5. The van der Waals surface area contributed by atoms with E-state index >= 15 is 0 Å². The number of benzene rings is 2. The van der Waals surface area contributed by atoms with Crippen LogP contribution in [0.2, 0.25) is 0 Å². The van der Waals surface area contributed by atoms with Crippen molar-refractivity contribution in [1.82, 2.24) is 0 Å². The minimum atomic E-state index is -0.598. The first kappa shape index (κ1) is 13.8. The molecule has 1 atom stereocenters. The summed E-state index contributed by atoms with van der Waals surface area (Å²) in [5, 5.41) is 10.5. The van der Waals surface area contributed by atoms with Crippen molar-refractivity contribution in [2.24, 2.45) is 0 Å². The van der Waals surface area contributed by atoms with Crippen LogP contribution in [0.1, 0.15) is 28.4 Å². The van der Waals surface area contributed by atoms with Gasteiger partial charge in [0, 0.05) is 8.95 Å². The standard InChI is InChI=1S/C15H14Br2O/c1-9-3-4-10(2)14(5-9)15(18)11-6-12(16)8-13(17)7-11/h3-8,15,18H,1-2H3. The van der Waals surface area contributed by atoms with Crippen molar-refractivity contribution in [3.8, 4) is 0 Å². The summed E-state index contributed by atoms with van der Waals surface area (Å²) >= 11 is 6.89. The number of halogens is 2. The Labute approximate surface area is 124 Å². The molecule has 1 N–H and O–H groups in total. The summed E-state index contributed by atoms with van der Waals surface area (Å²) < 4.78 is 1.91. The Balaban J connectivity index is 2.47. The first-order valence-corrected chi connectivity index (χ1v) is 7.27. The summed E-state index contributed by atoms with van der Waals surface area (Å²) in [6, 6.07) is 12.0. The van der Waals surface area contributed by atoms with Crippen LogP contribution in [-0.4, -0.2) is 5.11 Å². The van der Waals surface area contributed by atoms with Crippen LogP contribution in [0.4, 0.5) is 0 Å². The van der Waals surface area contributed by atoms with E-state index in [1.807, 2.05) is 44.2 Å². The second kappa shape index (κ2) is 5.55. The predicted molar refractivity (Wildman–Crippen MR) is 81.8 cm³/mol. The fourth-order valence-electron chi connectivity index (χ4n) is 1.97. The molecule has 0 bridgehead atoms. The monoisotopic (exact) mass is 368 g/mol. The number of hydrogen-bond donors (Lipinski definition) is 1. The Bertz CT molecular complexity index is 558. The van der Waals surface area contributed by atoms with Gasteiger partial charge in [-0.25, -0.2) is 0 Å². The van der Waals surface area contributed by atoms with Gasteiger partial charge in [-0.15, -0.1) is 0 Å². The van der Waals surface area contributed by atoms with Crippen molar-refractivity contribution in [2.45, 2.75) is 20.0 Å². The van der Waals surface area contributed by atoms with Gasteiger partial charge in [0.25, 0.3) is 0 Å². The first-order valence-electron chi connectivity index (χ1n) is 5.68. The maximum Gasteiger partial charge on any atom is 0.104 e. The molecule has 0 fully saturated rings. The highest BCUT2D eigenvalue weighted by molar-refractivity contribution is 9.11. The molecule has 0 aliphatic heterocycles. The Kier molecular flexibility index (Phi) is 4.25. The molecule has 0 heterocycles. The van der Waals surface area contributed by atoms with Gasteiger partial charge in [0.05, 0.1) is 0 Å². The SMILES string of the molecule is Cc1ccc(C)c(C(O)c2cc(Br)cc(Br)c2)c1. The average Bonchev–Trinajstić information content (AvgIpc) is 2.30. The number of aliphatic hydroxyl groups is 1. The highest BCUT2D eigenvalue weighted by Gasteiger charge is 2.14. The van der Waals surface area contributed by atoms with Crippen molar-refractivity contribution >= 4 is 31.9 Å². The van der Waals surface area contributed by atoms with Gasteiger partial charge in [-0.2, -0.15) is 0 Å². The van der Waals surface area contributed by atoms with E-state index in [0.717, 1.165) is 31.2 Å². The lowest BCUT2D eigenvalue weighted by molar-refractivity contribution is 0.219. The zero-order valence-electron chi connectivity index (χ0n) is 10.2. The van der Waals surface area contributed by atoms with E-state index in [2.05, 4.69) is 37.9 Å². The van der Waals surface area contributed by atoms with Crippen LogP contribution in [0.3, 0.4) is 0 Å². The third-order valence-electron chi connectivity index (χ3n) is 2.93. The molecule has 94 valence electrons. The zero-order chi connectivity index (χ0) is 13.3. The van der Waals surface area contributed by atoms with Crippen LogP contribution < -0.4 is 0 Å². The summed E-state index contributed by atoms with van der Waals surface area (Å²) in [6.45, 7) is 4.05. The molecule has 0 amide bonds. The van der Waals surface area contributed by atoms with Crippen molar-refractivity contribution in [3.05, 3.63) is 67.6 Å². The lowest BCUT2D eigenvalue weighted by atomic mass is 9.96. The minimum absolute atomic E-state index is 0.598. The lowest BCUT2D eigenvalue weighted by Crippen LogP contribution is -2.02. The van der Waals surface area contributed by atoms with Gasteiger partial charge in [-0.05, 0) is 48.7 Å². The number of rotatable bonds is 2. The van der Waals surface area contributed by atoms with Crippen molar-refractivity contribution in [1.29, 1.82) is 0 Å². The van der Waals surface area contributed by atoms with Crippen LogP contribution in [0.25, 0.3) is 0 Å². The van der Waals surface area contributed by atoms with E-state index in [9.17, 15) is 5.11 Å². The van der Waals surface area contributed by atoms with E-state index in [0.29, 0.717) is 0 Å². The van der Waals surface area contributed by atoms with Crippen LogP contribution in [-0.2, 0) is 0 Å². The van der Waals surface area contributed by atoms with Crippen LogP contribution in [0.15, 0.2) is 45.3 Å². The third kappa shape index (κ3) is 3.02. The average molecular weight is 370 g/mol. The quantitative estimate of drug-likeness (QED) is 0.797. The summed E-state index contributed by atoms with van der Waals surface area (Å²) in [7, 11) is 0. The Morgan fingerprint density at radius 2 is 1.56 bits per heavy atom. The molecule has 0 aliphatic carbocycles. The Hall–Kier alpha value is -0.640. The van der Waals surface area contributed by atoms with Crippen LogP contribution in [0.5, 0.6) is 0 Å². The van der Waals surface area contributed by atoms with Gasteiger partial charge in [0.15, 0.2) is 0 Å². The molecular weight excluding hydrogens is 356 g/mol. The number of hydrogen-bond acceptors (Lipinski definition) is 1. The lowest BCUT2D eigenvalue weighted by Gasteiger charge is -2.15. The maximum atomic E-state index is 10.5. The molecule has 2 aromatic rings. The molecule has 18 heavy (non-hydrogen) atoms. The molecule has 0 saturated carbocycles. The molecule has 2 rings (SSSR count). The van der Waals surface area contributed by atoms with Crippen LogP contribution >= 0.6 is 31.9 Å². The topological polar surface area (TPSA) is 20.2 Å². The fraction of sp³-hybridized carbons (Fsp3) is 0.200. The second-order valence-electron chi connectivity index (χ2n) is 4.47. The zero-order valence-corrected chi connectivity index (χ0v) is 13.4. The molecule has 0 aromatic heterocycles. The smallest absolute Gasteiger partial charge is 0.104 e.